The summed E-state index contributed by atoms with van der Waals surface area (Å²) in [4.78, 5) is 2.16. The molecule has 1 aromatic rings. The number of thiophene rings is 1. The Morgan fingerprint density at radius 2 is 1.78 bits per heavy atom. The van der Waals surface area contributed by atoms with E-state index in [9.17, 15) is 5.11 Å². The van der Waals surface area contributed by atoms with Gasteiger partial charge in [-0.15, -0.1) is 11.3 Å². The average Bonchev–Trinajstić information content (AvgIpc) is 2.73. The Labute approximate surface area is 115 Å². The quantitative estimate of drug-likeness (QED) is 0.626. The molecule has 0 aliphatic rings. The highest BCUT2D eigenvalue weighted by Crippen LogP contribution is 2.28. The highest BCUT2D eigenvalue weighted by atomic mass is 32.1. The first-order valence-electron chi connectivity index (χ1n) is 7.11. The van der Waals surface area contributed by atoms with Crippen LogP contribution in [0.15, 0.2) is 6.07 Å². The molecule has 0 saturated carbocycles. The van der Waals surface area contributed by atoms with Crippen molar-refractivity contribution in [2.45, 2.75) is 65.4 Å². The molecule has 0 aromatic carbocycles. The number of hydrogen-bond acceptors (Lipinski definition) is 3. The maximum absolute atomic E-state index is 9.19. The predicted octanol–water partition coefficient (Wildman–Crippen LogP) is 4.68. The Morgan fingerprint density at radius 3 is 2.44 bits per heavy atom. The van der Waals surface area contributed by atoms with Gasteiger partial charge in [0.05, 0.1) is 18.1 Å². The largest absolute Gasteiger partial charge is 0.492 e. The van der Waals surface area contributed by atoms with Gasteiger partial charge in [-0.3, -0.25) is 0 Å². The van der Waals surface area contributed by atoms with Crippen LogP contribution in [0, 0.1) is 6.92 Å². The van der Waals surface area contributed by atoms with Crippen LogP contribution in [-0.4, -0.2) is 11.7 Å². The van der Waals surface area contributed by atoms with Crippen molar-refractivity contribution >= 4 is 11.3 Å². The molecule has 0 aliphatic heterocycles. The van der Waals surface area contributed by atoms with E-state index in [1.165, 1.54) is 43.4 Å². The van der Waals surface area contributed by atoms with Gasteiger partial charge >= 0.3 is 0 Å². The number of aryl methyl sites for hydroxylation is 1. The van der Waals surface area contributed by atoms with Crippen LogP contribution in [0.25, 0.3) is 0 Å². The molecule has 1 aromatic heterocycles. The molecule has 0 amide bonds. The van der Waals surface area contributed by atoms with E-state index in [1.54, 1.807) is 11.3 Å². The number of aliphatic hydroxyl groups excluding tert-OH is 1. The first-order chi connectivity index (χ1) is 8.77. The van der Waals surface area contributed by atoms with Crippen molar-refractivity contribution in [2.75, 3.05) is 6.61 Å². The van der Waals surface area contributed by atoms with Gasteiger partial charge in [0.25, 0.3) is 0 Å². The lowest BCUT2D eigenvalue weighted by Gasteiger charge is -2.05. The van der Waals surface area contributed by atoms with Crippen molar-refractivity contribution in [3.8, 4) is 5.75 Å². The van der Waals surface area contributed by atoms with Gasteiger partial charge in [0.15, 0.2) is 0 Å². The summed E-state index contributed by atoms with van der Waals surface area (Å²) in [6, 6.07) is 2.03. The molecule has 104 valence electrons. The molecule has 0 aliphatic carbocycles. The van der Waals surface area contributed by atoms with E-state index in [0.717, 1.165) is 23.7 Å². The summed E-state index contributed by atoms with van der Waals surface area (Å²) in [6.45, 7) is 5.15. The SMILES string of the molecule is CCCCCCCCCOc1cc(C)sc1CO. The van der Waals surface area contributed by atoms with Crippen molar-refractivity contribution in [1.29, 1.82) is 0 Å². The molecule has 0 spiro atoms. The van der Waals surface area contributed by atoms with Gasteiger partial charge in [0.2, 0.25) is 0 Å². The van der Waals surface area contributed by atoms with Crippen LogP contribution in [0.4, 0.5) is 0 Å². The van der Waals surface area contributed by atoms with Crippen LogP contribution in [-0.2, 0) is 6.61 Å². The third kappa shape index (κ3) is 5.87. The summed E-state index contributed by atoms with van der Waals surface area (Å²) in [7, 11) is 0. The molecule has 0 fully saturated rings. The molecule has 0 saturated heterocycles. The number of rotatable bonds is 10. The first-order valence-corrected chi connectivity index (χ1v) is 7.92. The zero-order chi connectivity index (χ0) is 13.2. The van der Waals surface area contributed by atoms with E-state index in [4.69, 9.17) is 4.74 Å². The van der Waals surface area contributed by atoms with Crippen LogP contribution in [0.5, 0.6) is 5.75 Å². The van der Waals surface area contributed by atoms with Gasteiger partial charge in [-0.2, -0.15) is 0 Å². The fourth-order valence-corrected chi connectivity index (χ4v) is 2.85. The van der Waals surface area contributed by atoms with E-state index in [-0.39, 0.29) is 6.61 Å². The molecule has 3 heteroatoms. The molecular formula is C15H26O2S. The van der Waals surface area contributed by atoms with Crippen molar-refractivity contribution in [1.82, 2.24) is 0 Å². The second kappa shape index (κ2) is 9.40. The van der Waals surface area contributed by atoms with Crippen LogP contribution >= 0.6 is 11.3 Å². The zero-order valence-electron chi connectivity index (χ0n) is 11.7. The predicted molar refractivity (Wildman–Crippen MR) is 78.5 cm³/mol. The normalized spacial score (nSPS) is 10.8. The lowest BCUT2D eigenvalue weighted by molar-refractivity contribution is 0.264. The minimum absolute atomic E-state index is 0.0882. The molecule has 1 N–H and O–H groups in total. The molecular weight excluding hydrogens is 244 g/mol. The van der Waals surface area contributed by atoms with E-state index in [2.05, 4.69) is 6.92 Å². The molecule has 0 radical (unpaired) electrons. The molecule has 2 nitrogen and oxygen atoms in total. The van der Waals surface area contributed by atoms with Gasteiger partial charge in [-0.1, -0.05) is 45.4 Å². The fourth-order valence-electron chi connectivity index (χ4n) is 2.01. The molecule has 18 heavy (non-hydrogen) atoms. The second-order valence-electron chi connectivity index (χ2n) is 4.77. The molecule has 1 heterocycles. The Bertz CT molecular complexity index is 320. The summed E-state index contributed by atoms with van der Waals surface area (Å²) in [6.07, 6.45) is 9.09. The monoisotopic (exact) mass is 270 g/mol. The van der Waals surface area contributed by atoms with Crippen molar-refractivity contribution in [3.63, 3.8) is 0 Å². The van der Waals surface area contributed by atoms with E-state index in [1.807, 2.05) is 13.0 Å². The van der Waals surface area contributed by atoms with E-state index < -0.39 is 0 Å². The maximum Gasteiger partial charge on any atom is 0.135 e. The smallest absolute Gasteiger partial charge is 0.135 e. The molecule has 1 rings (SSSR count). The summed E-state index contributed by atoms with van der Waals surface area (Å²) in [5.41, 5.74) is 0. The highest BCUT2D eigenvalue weighted by Gasteiger charge is 2.06. The standard InChI is InChI=1S/C15H26O2S/c1-3-4-5-6-7-8-9-10-17-14-11-13(2)18-15(14)12-16/h11,16H,3-10,12H2,1-2H3. The Balaban J connectivity index is 2.06. The minimum Gasteiger partial charge on any atom is -0.492 e. The van der Waals surface area contributed by atoms with Gasteiger partial charge in [0.1, 0.15) is 5.75 Å². The Morgan fingerprint density at radius 1 is 1.11 bits per heavy atom. The summed E-state index contributed by atoms with van der Waals surface area (Å²) in [5.74, 6) is 0.881. The van der Waals surface area contributed by atoms with Crippen LogP contribution < -0.4 is 4.74 Å². The molecule has 0 bridgehead atoms. The molecule has 0 atom stereocenters. The third-order valence-electron chi connectivity index (χ3n) is 3.04. The summed E-state index contributed by atoms with van der Waals surface area (Å²) >= 11 is 1.62. The van der Waals surface area contributed by atoms with Gasteiger partial charge in [-0.25, -0.2) is 0 Å². The Kier molecular flexibility index (Phi) is 8.10. The number of hydrogen-bond donors (Lipinski definition) is 1. The van der Waals surface area contributed by atoms with E-state index >= 15 is 0 Å². The Hall–Kier alpha value is -0.540. The number of unbranched alkanes of at least 4 members (excludes halogenated alkanes) is 6. The lowest BCUT2D eigenvalue weighted by Crippen LogP contribution is -1.98. The van der Waals surface area contributed by atoms with Gasteiger partial charge in [0, 0.05) is 4.88 Å². The number of aliphatic hydroxyl groups is 1. The third-order valence-corrected chi connectivity index (χ3v) is 4.06. The van der Waals surface area contributed by atoms with Crippen molar-refractivity contribution < 1.29 is 9.84 Å². The first kappa shape index (κ1) is 15.5. The zero-order valence-corrected chi connectivity index (χ0v) is 12.5. The topological polar surface area (TPSA) is 29.5 Å². The van der Waals surface area contributed by atoms with Crippen LogP contribution in [0.2, 0.25) is 0 Å². The van der Waals surface area contributed by atoms with Crippen molar-refractivity contribution in [2.24, 2.45) is 0 Å². The average molecular weight is 270 g/mol. The van der Waals surface area contributed by atoms with Crippen LogP contribution in [0.3, 0.4) is 0 Å². The van der Waals surface area contributed by atoms with Gasteiger partial charge in [-0.05, 0) is 19.4 Å². The minimum atomic E-state index is 0.0882. The van der Waals surface area contributed by atoms with Crippen molar-refractivity contribution in [3.05, 3.63) is 15.8 Å². The summed E-state index contributed by atoms with van der Waals surface area (Å²) < 4.78 is 5.73. The highest BCUT2D eigenvalue weighted by molar-refractivity contribution is 7.12. The summed E-state index contributed by atoms with van der Waals surface area (Å²) in [5, 5.41) is 9.19. The van der Waals surface area contributed by atoms with Gasteiger partial charge < -0.3 is 9.84 Å². The van der Waals surface area contributed by atoms with E-state index in [0.29, 0.717) is 0 Å². The number of ether oxygens (including phenoxy) is 1. The van der Waals surface area contributed by atoms with Crippen LogP contribution in [0.1, 0.15) is 61.6 Å². The second-order valence-corrected chi connectivity index (χ2v) is 6.11. The lowest BCUT2D eigenvalue weighted by atomic mass is 10.1. The molecule has 0 unspecified atom stereocenters. The maximum atomic E-state index is 9.19. The fraction of sp³-hybridized carbons (Fsp3) is 0.733.